The highest BCUT2D eigenvalue weighted by atomic mass is 32.1. The summed E-state index contributed by atoms with van der Waals surface area (Å²) < 4.78 is 14.6. The Morgan fingerprint density at radius 2 is 1.92 bits per heavy atom. The van der Waals surface area contributed by atoms with Gasteiger partial charge in [0.25, 0.3) is 5.91 Å². The number of halogens is 1. The summed E-state index contributed by atoms with van der Waals surface area (Å²) >= 11 is 1.36. The summed E-state index contributed by atoms with van der Waals surface area (Å²) in [5, 5.41) is 16.4. The van der Waals surface area contributed by atoms with Crippen molar-refractivity contribution < 1.29 is 9.18 Å². The van der Waals surface area contributed by atoms with Crippen LogP contribution < -0.4 is 5.32 Å². The van der Waals surface area contributed by atoms with Gasteiger partial charge in [-0.25, -0.2) is 14.1 Å². The standard InChI is InChI=1S/C17H19FN6OS/c1-4-11(5-2)16-21-22-17(26-16)20-15(25)14-19-10(3)24(23-14)13-8-6-12(18)7-9-13/h6-9,11H,4-5H2,1-3H3,(H,20,22,25). The van der Waals surface area contributed by atoms with Crippen molar-refractivity contribution in [3.05, 3.63) is 46.7 Å². The largest absolute Gasteiger partial charge is 0.297 e. The first kappa shape index (κ1) is 18.1. The Morgan fingerprint density at radius 1 is 1.23 bits per heavy atom. The maximum absolute atomic E-state index is 13.1. The van der Waals surface area contributed by atoms with Crippen molar-refractivity contribution in [1.82, 2.24) is 25.0 Å². The van der Waals surface area contributed by atoms with E-state index in [4.69, 9.17) is 0 Å². The zero-order valence-electron chi connectivity index (χ0n) is 14.7. The van der Waals surface area contributed by atoms with E-state index in [2.05, 4.69) is 39.4 Å². The summed E-state index contributed by atoms with van der Waals surface area (Å²) in [5.41, 5.74) is 0.627. The molecule has 0 aliphatic rings. The minimum atomic E-state index is -0.457. The Labute approximate surface area is 154 Å². The van der Waals surface area contributed by atoms with E-state index in [1.54, 1.807) is 19.1 Å². The predicted molar refractivity (Wildman–Crippen MR) is 97.2 cm³/mol. The lowest BCUT2D eigenvalue weighted by molar-refractivity contribution is 0.101. The maximum atomic E-state index is 13.1. The lowest BCUT2D eigenvalue weighted by atomic mass is 10.1. The molecule has 0 spiro atoms. The molecule has 0 fully saturated rings. The van der Waals surface area contributed by atoms with Crippen LogP contribution in [-0.4, -0.2) is 30.9 Å². The lowest BCUT2D eigenvalue weighted by Gasteiger charge is -2.05. The fraction of sp³-hybridized carbons (Fsp3) is 0.353. The minimum Gasteiger partial charge on any atom is -0.294 e. The number of aromatic nitrogens is 5. The SMILES string of the molecule is CCC(CC)c1nnc(NC(=O)c2nc(C)n(-c3ccc(F)cc3)n2)s1. The molecule has 3 rings (SSSR count). The van der Waals surface area contributed by atoms with Crippen LogP contribution in [0.5, 0.6) is 0 Å². The number of hydrogen-bond donors (Lipinski definition) is 1. The molecule has 0 unspecified atom stereocenters. The van der Waals surface area contributed by atoms with Gasteiger partial charge in [-0.15, -0.1) is 15.3 Å². The van der Waals surface area contributed by atoms with Gasteiger partial charge in [-0.3, -0.25) is 10.1 Å². The number of nitrogens with zero attached hydrogens (tertiary/aromatic N) is 5. The molecule has 9 heteroatoms. The Hall–Kier alpha value is -2.68. The van der Waals surface area contributed by atoms with Gasteiger partial charge in [0.1, 0.15) is 16.6 Å². The fourth-order valence-electron chi connectivity index (χ4n) is 2.55. The van der Waals surface area contributed by atoms with Crippen LogP contribution in [0.1, 0.15) is 54.1 Å². The van der Waals surface area contributed by atoms with Gasteiger partial charge in [-0.1, -0.05) is 25.2 Å². The molecule has 0 atom stereocenters. The number of carbonyl (C=O) groups excluding carboxylic acids is 1. The number of amides is 1. The number of nitrogens with one attached hydrogen (secondary N) is 1. The molecule has 0 saturated heterocycles. The summed E-state index contributed by atoms with van der Waals surface area (Å²) in [6.07, 6.45) is 1.95. The van der Waals surface area contributed by atoms with Crippen LogP contribution >= 0.6 is 11.3 Å². The lowest BCUT2D eigenvalue weighted by Crippen LogP contribution is -2.14. The number of anilines is 1. The number of rotatable bonds is 6. The summed E-state index contributed by atoms with van der Waals surface area (Å²) in [5.74, 6) is 0.0919. The number of carbonyl (C=O) groups is 1. The third-order valence-corrected chi connectivity index (χ3v) is 5.04. The van der Waals surface area contributed by atoms with Crippen LogP contribution in [0.4, 0.5) is 9.52 Å². The van der Waals surface area contributed by atoms with E-state index in [-0.39, 0.29) is 11.6 Å². The summed E-state index contributed by atoms with van der Waals surface area (Å²) in [6.45, 7) is 5.93. The smallest absolute Gasteiger partial charge is 0.294 e. The number of benzene rings is 1. The maximum Gasteiger partial charge on any atom is 0.297 e. The molecule has 0 bridgehead atoms. The number of aryl methyl sites for hydroxylation is 1. The molecule has 1 aromatic carbocycles. The summed E-state index contributed by atoms with van der Waals surface area (Å²) in [7, 11) is 0. The summed E-state index contributed by atoms with van der Waals surface area (Å²) in [6, 6.07) is 5.81. The Kier molecular flexibility index (Phi) is 5.36. The number of hydrogen-bond acceptors (Lipinski definition) is 6. The Bertz CT molecular complexity index is 900. The average Bonchev–Trinajstić information content (AvgIpc) is 3.24. The summed E-state index contributed by atoms with van der Waals surface area (Å²) in [4.78, 5) is 16.6. The quantitative estimate of drug-likeness (QED) is 0.711. The fourth-order valence-corrected chi connectivity index (χ4v) is 3.56. The molecule has 7 nitrogen and oxygen atoms in total. The Balaban J connectivity index is 1.77. The van der Waals surface area contributed by atoms with Gasteiger partial charge in [-0.05, 0) is 44.0 Å². The molecule has 3 aromatic rings. The van der Waals surface area contributed by atoms with Crippen molar-refractivity contribution in [3.8, 4) is 5.69 Å². The van der Waals surface area contributed by atoms with E-state index in [9.17, 15) is 9.18 Å². The van der Waals surface area contributed by atoms with Crippen molar-refractivity contribution in [1.29, 1.82) is 0 Å². The first-order valence-corrected chi connectivity index (χ1v) is 9.17. The minimum absolute atomic E-state index is 0.0195. The van der Waals surface area contributed by atoms with E-state index in [0.29, 0.717) is 22.6 Å². The van der Waals surface area contributed by atoms with Gasteiger partial charge in [-0.2, -0.15) is 0 Å². The molecule has 26 heavy (non-hydrogen) atoms. The zero-order valence-corrected chi connectivity index (χ0v) is 15.5. The predicted octanol–water partition coefficient (Wildman–Crippen LogP) is 3.72. The van der Waals surface area contributed by atoms with Crippen LogP contribution in [-0.2, 0) is 0 Å². The molecule has 0 saturated carbocycles. The van der Waals surface area contributed by atoms with Crippen molar-refractivity contribution in [2.45, 2.75) is 39.5 Å². The monoisotopic (exact) mass is 374 g/mol. The van der Waals surface area contributed by atoms with Gasteiger partial charge in [0.2, 0.25) is 11.0 Å². The first-order valence-electron chi connectivity index (χ1n) is 8.36. The molecule has 2 heterocycles. The van der Waals surface area contributed by atoms with Crippen molar-refractivity contribution >= 4 is 22.4 Å². The molecule has 136 valence electrons. The highest BCUT2D eigenvalue weighted by Gasteiger charge is 2.19. The molecule has 0 aliphatic heterocycles. The van der Waals surface area contributed by atoms with Gasteiger partial charge in [0.05, 0.1) is 5.69 Å². The first-order chi connectivity index (χ1) is 12.5. The van der Waals surface area contributed by atoms with Gasteiger partial charge in [0.15, 0.2) is 0 Å². The van der Waals surface area contributed by atoms with E-state index in [0.717, 1.165) is 17.8 Å². The molecular formula is C17H19FN6OS. The van der Waals surface area contributed by atoms with Gasteiger partial charge in [0, 0.05) is 5.92 Å². The van der Waals surface area contributed by atoms with E-state index in [1.165, 1.54) is 28.2 Å². The van der Waals surface area contributed by atoms with Crippen LogP contribution in [0.2, 0.25) is 0 Å². The molecular weight excluding hydrogens is 355 g/mol. The topological polar surface area (TPSA) is 85.6 Å². The second-order valence-electron chi connectivity index (χ2n) is 5.78. The molecule has 0 aliphatic carbocycles. The zero-order chi connectivity index (χ0) is 18.7. The highest BCUT2D eigenvalue weighted by molar-refractivity contribution is 7.15. The van der Waals surface area contributed by atoms with E-state index >= 15 is 0 Å². The van der Waals surface area contributed by atoms with Crippen LogP contribution in [0.3, 0.4) is 0 Å². The van der Waals surface area contributed by atoms with Crippen LogP contribution in [0, 0.1) is 12.7 Å². The van der Waals surface area contributed by atoms with Crippen molar-refractivity contribution in [3.63, 3.8) is 0 Å². The molecule has 2 aromatic heterocycles. The van der Waals surface area contributed by atoms with Crippen molar-refractivity contribution in [2.75, 3.05) is 5.32 Å². The van der Waals surface area contributed by atoms with E-state index in [1.807, 2.05) is 0 Å². The molecule has 1 amide bonds. The molecule has 0 radical (unpaired) electrons. The second-order valence-corrected chi connectivity index (χ2v) is 6.79. The second kappa shape index (κ2) is 7.69. The normalized spacial score (nSPS) is 11.1. The Morgan fingerprint density at radius 3 is 2.58 bits per heavy atom. The van der Waals surface area contributed by atoms with Crippen LogP contribution in [0.15, 0.2) is 24.3 Å². The third kappa shape index (κ3) is 3.77. The van der Waals surface area contributed by atoms with Crippen LogP contribution in [0.25, 0.3) is 5.69 Å². The van der Waals surface area contributed by atoms with Crippen molar-refractivity contribution in [2.24, 2.45) is 0 Å². The highest BCUT2D eigenvalue weighted by Crippen LogP contribution is 2.28. The third-order valence-electron chi connectivity index (χ3n) is 4.04. The average molecular weight is 374 g/mol. The molecule has 1 N–H and O–H groups in total. The van der Waals surface area contributed by atoms with Gasteiger partial charge >= 0.3 is 0 Å². The van der Waals surface area contributed by atoms with Gasteiger partial charge < -0.3 is 0 Å². The van der Waals surface area contributed by atoms with E-state index < -0.39 is 5.91 Å².